The number of nitrogens with one attached hydrogen (secondary N) is 2. The van der Waals surface area contributed by atoms with E-state index < -0.39 is 0 Å². The van der Waals surface area contributed by atoms with E-state index in [-0.39, 0.29) is 11.8 Å². The third kappa shape index (κ3) is 7.54. The Hall–Kier alpha value is -1.10. The molecule has 0 radical (unpaired) electrons. The Kier molecular flexibility index (Phi) is 7.83. The van der Waals surface area contributed by atoms with E-state index in [1.165, 1.54) is 0 Å². The Labute approximate surface area is 84.2 Å². The average molecular weight is 202 g/mol. The molecule has 2 amide bonds. The summed E-state index contributed by atoms with van der Waals surface area (Å²) in [6.45, 7) is 3.18. The highest BCUT2D eigenvalue weighted by Crippen LogP contribution is 1.80. The fourth-order valence-electron chi connectivity index (χ4n) is 0.821. The molecule has 0 aromatic rings. The molecule has 82 valence electrons. The summed E-state index contributed by atoms with van der Waals surface area (Å²) in [6, 6.07) is 0. The summed E-state index contributed by atoms with van der Waals surface area (Å²) in [6.07, 6.45) is 0.765. The van der Waals surface area contributed by atoms with Gasteiger partial charge < -0.3 is 15.4 Å². The van der Waals surface area contributed by atoms with E-state index in [0.717, 1.165) is 0 Å². The average Bonchev–Trinajstić information content (AvgIpc) is 2.18. The molecule has 0 unspecified atom stereocenters. The molecule has 0 fully saturated rings. The van der Waals surface area contributed by atoms with Crippen LogP contribution in [0.15, 0.2) is 0 Å². The number of amides is 2. The van der Waals surface area contributed by atoms with Crippen molar-refractivity contribution < 1.29 is 14.3 Å². The van der Waals surface area contributed by atoms with Crippen LogP contribution < -0.4 is 10.6 Å². The number of rotatable bonds is 7. The molecule has 2 N–H and O–H groups in total. The predicted octanol–water partition coefficient (Wildman–Crippen LogP) is -0.335. The molecule has 5 heteroatoms. The maximum absolute atomic E-state index is 11.1. The van der Waals surface area contributed by atoms with Gasteiger partial charge in [0, 0.05) is 33.0 Å². The van der Waals surface area contributed by atoms with E-state index >= 15 is 0 Å². The quantitative estimate of drug-likeness (QED) is 0.555. The Bertz CT molecular complexity index is 183. The van der Waals surface area contributed by atoms with Crippen LogP contribution in [0.4, 0.5) is 0 Å². The van der Waals surface area contributed by atoms with E-state index in [1.54, 1.807) is 14.0 Å². The summed E-state index contributed by atoms with van der Waals surface area (Å²) >= 11 is 0. The van der Waals surface area contributed by atoms with Crippen molar-refractivity contribution in [3.8, 4) is 0 Å². The summed E-state index contributed by atoms with van der Waals surface area (Å²) in [4.78, 5) is 21.9. The van der Waals surface area contributed by atoms with Crippen molar-refractivity contribution in [1.82, 2.24) is 10.6 Å². The molecule has 14 heavy (non-hydrogen) atoms. The zero-order valence-electron chi connectivity index (χ0n) is 8.76. The van der Waals surface area contributed by atoms with Gasteiger partial charge in [0.1, 0.15) is 0 Å². The van der Waals surface area contributed by atoms with E-state index in [9.17, 15) is 9.59 Å². The maximum atomic E-state index is 11.1. The highest BCUT2D eigenvalue weighted by atomic mass is 16.5. The molecule has 0 rings (SSSR count). The van der Waals surface area contributed by atoms with Crippen molar-refractivity contribution in [3.05, 3.63) is 0 Å². The first-order valence-electron chi connectivity index (χ1n) is 4.73. The standard InChI is InChI=1S/C9H18N2O3/c1-3-8(12)10-5-4-9(13)11-6-7-14-2/h3-7H2,1-2H3,(H,10,12)(H,11,13). The molecule has 0 bridgehead atoms. The lowest BCUT2D eigenvalue weighted by molar-refractivity contribution is -0.122. The van der Waals surface area contributed by atoms with Gasteiger partial charge in [-0.2, -0.15) is 0 Å². The first-order chi connectivity index (χ1) is 6.70. The van der Waals surface area contributed by atoms with Gasteiger partial charge in [-0.1, -0.05) is 6.92 Å². The minimum absolute atomic E-state index is 0.0327. The normalized spacial score (nSPS) is 9.57. The van der Waals surface area contributed by atoms with Crippen LogP contribution in [0.1, 0.15) is 19.8 Å². The minimum Gasteiger partial charge on any atom is -0.383 e. The van der Waals surface area contributed by atoms with Crippen molar-refractivity contribution in [3.63, 3.8) is 0 Å². The van der Waals surface area contributed by atoms with Gasteiger partial charge in [0.25, 0.3) is 0 Å². The Morgan fingerprint density at radius 2 is 1.79 bits per heavy atom. The molecule has 0 aliphatic heterocycles. The lowest BCUT2D eigenvalue weighted by atomic mass is 10.3. The van der Waals surface area contributed by atoms with Crippen LogP contribution in [0.2, 0.25) is 0 Å². The highest BCUT2D eigenvalue weighted by molar-refractivity contribution is 5.78. The molecule has 0 saturated carbocycles. The van der Waals surface area contributed by atoms with Crippen LogP contribution in [0.25, 0.3) is 0 Å². The van der Waals surface area contributed by atoms with Gasteiger partial charge in [-0.15, -0.1) is 0 Å². The number of methoxy groups -OCH3 is 1. The second-order valence-electron chi connectivity index (χ2n) is 2.80. The van der Waals surface area contributed by atoms with Gasteiger partial charge >= 0.3 is 0 Å². The first kappa shape index (κ1) is 12.9. The second-order valence-corrected chi connectivity index (χ2v) is 2.80. The van der Waals surface area contributed by atoms with E-state index in [0.29, 0.717) is 32.5 Å². The van der Waals surface area contributed by atoms with Gasteiger partial charge in [-0.3, -0.25) is 9.59 Å². The number of carbonyl (C=O) groups excluding carboxylic acids is 2. The summed E-state index contributed by atoms with van der Waals surface area (Å²) in [5.74, 6) is -0.104. The second kappa shape index (κ2) is 8.50. The Morgan fingerprint density at radius 3 is 2.36 bits per heavy atom. The van der Waals surface area contributed by atoms with Crippen LogP contribution in [-0.2, 0) is 14.3 Å². The molecule has 0 aromatic heterocycles. The smallest absolute Gasteiger partial charge is 0.221 e. The van der Waals surface area contributed by atoms with Gasteiger partial charge in [0.05, 0.1) is 6.61 Å². The molecular formula is C9H18N2O3. The zero-order valence-corrected chi connectivity index (χ0v) is 8.76. The highest BCUT2D eigenvalue weighted by Gasteiger charge is 2.01. The molecule has 0 spiro atoms. The number of ether oxygens (including phenoxy) is 1. The van der Waals surface area contributed by atoms with Crippen LogP contribution in [0.3, 0.4) is 0 Å². The minimum atomic E-state index is -0.0709. The van der Waals surface area contributed by atoms with Crippen molar-refractivity contribution in [1.29, 1.82) is 0 Å². The molecule has 0 saturated heterocycles. The molecule has 0 aliphatic rings. The topological polar surface area (TPSA) is 67.4 Å². The summed E-state index contributed by atoms with van der Waals surface area (Å²) < 4.78 is 4.77. The van der Waals surface area contributed by atoms with Gasteiger partial charge in [-0.25, -0.2) is 0 Å². The molecular weight excluding hydrogens is 184 g/mol. The fourth-order valence-corrected chi connectivity index (χ4v) is 0.821. The predicted molar refractivity (Wildman–Crippen MR) is 52.8 cm³/mol. The van der Waals surface area contributed by atoms with Gasteiger partial charge in [-0.05, 0) is 0 Å². The molecule has 0 aromatic carbocycles. The lowest BCUT2D eigenvalue weighted by Crippen LogP contribution is -2.31. The number of hydrogen-bond donors (Lipinski definition) is 2. The van der Waals surface area contributed by atoms with Gasteiger partial charge in [0.15, 0.2) is 0 Å². The zero-order chi connectivity index (χ0) is 10.8. The van der Waals surface area contributed by atoms with Crippen LogP contribution >= 0.6 is 0 Å². The maximum Gasteiger partial charge on any atom is 0.221 e. The summed E-state index contributed by atoms with van der Waals surface area (Å²) in [7, 11) is 1.58. The Morgan fingerprint density at radius 1 is 1.14 bits per heavy atom. The summed E-state index contributed by atoms with van der Waals surface area (Å²) in [5.41, 5.74) is 0. The summed E-state index contributed by atoms with van der Waals surface area (Å²) in [5, 5.41) is 5.28. The van der Waals surface area contributed by atoms with Gasteiger partial charge in [0.2, 0.25) is 11.8 Å². The van der Waals surface area contributed by atoms with Crippen molar-refractivity contribution in [2.24, 2.45) is 0 Å². The third-order valence-electron chi connectivity index (χ3n) is 1.62. The Balaban J connectivity index is 3.31. The number of carbonyl (C=O) groups is 2. The molecule has 0 atom stereocenters. The van der Waals surface area contributed by atoms with E-state index in [2.05, 4.69) is 10.6 Å². The van der Waals surface area contributed by atoms with Crippen LogP contribution in [0.5, 0.6) is 0 Å². The third-order valence-corrected chi connectivity index (χ3v) is 1.62. The van der Waals surface area contributed by atoms with Crippen molar-refractivity contribution in [2.45, 2.75) is 19.8 Å². The number of hydrogen-bond acceptors (Lipinski definition) is 3. The van der Waals surface area contributed by atoms with E-state index in [4.69, 9.17) is 4.74 Å². The van der Waals surface area contributed by atoms with Crippen LogP contribution in [0, 0.1) is 0 Å². The molecule has 5 nitrogen and oxygen atoms in total. The first-order valence-corrected chi connectivity index (χ1v) is 4.73. The van der Waals surface area contributed by atoms with Crippen molar-refractivity contribution >= 4 is 11.8 Å². The van der Waals surface area contributed by atoms with Crippen LogP contribution in [-0.4, -0.2) is 38.6 Å². The van der Waals surface area contributed by atoms with Crippen molar-refractivity contribution in [2.75, 3.05) is 26.8 Å². The van der Waals surface area contributed by atoms with E-state index in [1.807, 2.05) is 0 Å². The SMILES string of the molecule is CCC(=O)NCCC(=O)NCCOC. The lowest BCUT2D eigenvalue weighted by Gasteiger charge is -2.05. The monoisotopic (exact) mass is 202 g/mol. The molecule has 0 aliphatic carbocycles. The molecule has 0 heterocycles. The largest absolute Gasteiger partial charge is 0.383 e. The fraction of sp³-hybridized carbons (Fsp3) is 0.778.